The van der Waals surface area contributed by atoms with Gasteiger partial charge in [0.2, 0.25) is 0 Å². The highest BCUT2D eigenvalue weighted by molar-refractivity contribution is 5.73. The molecule has 3 rings (SSSR count). The summed E-state index contributed by atoms with van der Waals surface area (Å²) in [4.78, 5) is 11.6. The van der Waals surface area contributed by atoms with Gasteiger partial charge < -0.3 is 5.11 Å². The van der Waals surface area contributed by atoms with Gasteiger partial charge in [0.05, 0.1) is 5.92 Å². The number of aliphatic carboxylic acids is 1. The van der Waals surface area contributed by atoms with E-state index in [9.17, 15) is 14.3 Å². The monoisotopic (exact) mass is 262 g/mol. The maximum Gasteiger partial charge on any atom is 0.307 e. The number of aryl methyl sites for hydroxylation is 1. The number of carboxylic acids is 1. The molecule has 2 nitrogen and oxygen atoms in total. The first-order chi connectivity index (χ1) is 9.13. The summed E-state index contributed by atoms with van der Waals surface area (Å²) in [5, 5.41) is 9.56. The molecule has 2 aliphatic rings. The first kappa shape index (κ1) is 12.6. The van der Waals surface area contributed by atoms with Gasteiger partial charge in [-0.1, -0.05) is 25.3 Å². The van der Waals surface area contributed by atoms with Crippen LogP contribution in [0.15, 0.2) is 18.2 Å². The Kier molecular flexibility index (Phi) is 3.08. The molecular weight excluding hydrogens is 243 g/mol. The van der Waals surface area contributed by atoms with Gasteiger partial charge in [-0.05, 0) is 48.9 Å². The fourth-order valence-electron chi connectivity index (χ4n) is 4.18. The molecule has 0 aromatic heterocycles. The minimum absolute atomic E-state index is 0.210. The fraction of sp³-hybridized carbons (Fsp3) is 0.562. The van der Waals surface area contributed by atoms with E-state index in [1.165, 1.54) is 12.5 Å². The average molecular weight is 262 g/mol. The molecule has 1 fully saturated rings. The van der Waals surface area contributed by atoms with Crippen LogP contribution in [0.25, 0.3) is 0 Å². The lowest BCUT2D eigenvalue weighted by atomic mass is 9.57. The predicted molar refractivity (Wildman–Crippen MR) is 70.6 cm³/mol. The van der Waals surface area contributed by atoms with E-state index in [0.29, 0.717) is 12.8 Å². The molecule has 1 saturated carbocycles. The molecule has 19 heavy (non-hydrogen) atoms. The Labute approximate surface area is 112 Å². The third-order valence-electron chi connectivity index (χ3n) is 5.02. The van der Waals surface area contributed by atoms with Crippen LogP contribution in [0, 0.1) is 11.7 Å². The highest BCUT2D eigenvalue weighted by Crippen LogP contribution is 2.50. The Bertz CT molecular complexity index is 503. The summed E-state index contributed by atoms with van der Waals surface area (Å²) in [5.41, 5.74) is 1.89. The van der Waals surface area contributed by atoms with Crippen LogP contribution in [-0.4, -0.2) is 11.1 Å². The van der Waals surface area contributed by atoms with Crippen molar-refractivity contribution in [3.8, 4) is 0 Å². The summed E-state index contributed by atoms with van der Waals surface area (Å²) in [6.07, 6.45) is 6.55. The molecule has 0 bridgehead atoms. The molecule has 0 amide bonds. The van der Waals surface area contributed by atoms with Gasteiger partial charge >= 0.3 is 5.97 Å². The quantitative estimate of drug-likeness (QED) is 0.838. The van der Waals surface area contributed by atoms with E-state index in [1.54, 1.807) is 6.07 Å². The number of carboxylic acid groups (broad SMARTS) is 1. The number of fused-ring (bicyclic) bond motifs is 2. The number of hydrogen-bond donors (Lipinski definition) is 1. The largest absolute Gasteiger partial charge is 0.481 e. The average Bonchev–Trinajstić information content (AvgIpc) is 2.39. The zero-order valence-electron chi connectivity index (χ0n) is 11.0. The van der Waals surface area contributed by atoms with E-state index in [-0.39, 0.29) is 17.2 Å². The van der Waals surface area contributed by atoms with E-state index in [0.717, 1.165) is 36.8 Å². The van der Waals surface area contributed by atoms with Crippen molar-refractivity contribution in [1.29, 1.82) is 0 Å². The normalized spacial score (nSPS) is 25.0. The summed E-state index contributed by atoms with van der Waals surface area (Å²) in [5.74, 6) is -1.19. The number of rotatable bonds is 1. The Morgan fingerprint density at radius 1 is 1.26 bits per heavy atom. The molecule has 1 unspecified atom stereocenters. The molecule has 3 heteroatoms. The van der Waals surface area contributed by atoms with Crippen LogP contribution in [0.3, 0.4) is 0 Å². The third kappa shape index (κ3) is 1.96. The molecule has 0 saturated heterocycles. The topological polar surface area (TPSA) is 37.3 Å². The minimum Gasteiger partial charge on any atom is -0.481 e. The van der Waals surface area contributed by atoms with Crippen molar-refractivity contribution in [2.45, 2.75) is 50.4 Å². The van der Waals surface area contributed by atoms with Crippen LogP contribution in [0.2, 0.25) is 0 Å². The smallest absolute Gasteiger partial charge is 0.307 e. The zero-order valence-corrected chi connectivity index (χ0v) is 11.0. The Hall–Kier alpha value is -1.38. The molecular formula is C16H19FO2. The summed E-state index contributed by atoms with van der Waals surface area (Å²) in [6.45, 7) is 0. The molecule has 1 aromatic carbocycles. The van der Waals surface area contributed by atoms with Crippen molar-refractivity contribution in [3.05, 3.63) is 35.1 Å². The maximum atomic E-state index is 13.4. The van der Waals surface area contributed by atoms with Crippen molar-refractivity contribution < 1.29 is 14.3 Å². The predicted octanol–water partition coefficient (Wildman–Crippen LogP) is 3.67. The van der Waals surface area contributed by atoms with E-state index in [1.807, 2.05) is 6.07 Å². The number of hydrogen-bond acceptors (Lipinski definition) is 1. The summed E-state index contributed by atoms with van der Waals surface area (Å²) in [7, 11) is 0. The van der Waals surface area contributed by atoms with E-state index in [4.69, 9.17) is 0 Å². The Morgan fingerprint density at radius 3 is 2.68 bits per heavy atom. The van der Waals surface area contributed by atoms with Crippen LogP contribution in [0.4, 0.5) is 4.39 Å². The summed E-state index contributed by atoms with van der Waals surface area (Å²) in [6, 6.07) is 4.92. The van der Waals surface area contributed by atoms with Crippen molar-refractivity contribution in [1.82, 2.24) is 0 Å². The molecule has 1 atom stereocenters. The molecule has 0 radical (unpaired) electrons. The maximum absolute atomic E-state index is 13.4. The van der Waals surface area contributed by atoms with E-state index in [2.05, 4.69) is 0 Å². The summed E-state index contributed by atoms with van der Waals surface area (Å²) < 4.78 is 13.4. The van der Waals surface area contributed by atoms with E-state index >= 15 is 0 Å². The lowest BCUT2D eigenvalue weighted by Gasteiger charge is -2.46. The number of benzene rings is 1. The molecule has 102 valence electrons. The first-order valence-corrected chi connectivity index (χ1v) is 7.15. The van der Waals surface area contributed by atoms with Gasteiger partial charge in [0.25, 0.3) is 0 Å². The molecule has 1 aromatic rings. The van der Waals surface area contributed by atoms with Gasteiger partial charge in [0.1, 0.15) is 5.82 Å². The highest BCUT2D eigenvalue weighted by atomic mass is 19.1. The fourth-order valence-corrected chi connectivity index (χ4v) is 4.18. The Morgan fingerprint density at radius 2 is 2.00 bits per heavy atom. The van der Waals surface area contributed by atoms with Crippen LogP contribution in [-0.2, 0) is 16.6 Å². The van der Waals surface area contributed by atoms with E-state index < -0.39 is 5.97 Å². The van der Waals surface area contributed by atoms with Crippen LogP contribution < -0.4 is 0 Å². The standard InChI is InChI=1S/C16H19FO2/c17-12-5-7-13-11(10-12)4-6-14(15(18)19)16(13)8-2-1-3-9-16/h5,7,10,14H,1-4,6,8-9H2,(H,18,19). The molecule has 1 spiro atoms. The minimum atomic E-state index is -0.683. The van der Waals surface area contributed by atoms with Crippen LogP contribution in [0.1, 0.15) is 49.7 Å². The second-order valence-electron chi connectivity index (χ2n) is 5.95. The third-order valence-corrected chi connectivity index (χ3v) is 5.02. The SMILES string of the molecule is O=C(O)C1CCc2cc(F)ccc2C12CCCCC2. The molecule has 2 aliphatic carbocycles. The van der Waals surface area contributed by atoms with Gasteiger partial charge in [-0.15, -0.1) is 0 Å². The molecule has 0 heterocycles. The van der Waals surface area contributed by atoms with Gasteiger partial charge in [0.15, 0.2) is 0 Å². The lowest BCUT2D eigenvalue weighted by molar-refractivity contribution is -0.145. The molecule has 1 N–H and O–H groups in total. The number of halogens is 1. The van der Waals surface area contributed by atoms with Gasteiger partial charge in [-0.2, -0.15) is 0 Å². The zero-order chi connectivity index (χ0) is 13.5. The van der Waals surface area contributed by atoms with Gasteiger partial charge in [-0.25, -0.2) is 4.39 Å². The first-order valence-electron chi connectivity index (χ1n) is 7.15. The van der Waals surface area contributed by atoms with Gasteiger partial charge in [0, 0.05) is 5.41 Å². The van der Waals surface area contributed by atoms with Crippen LogP contribution >= 0.6 is 0 Å². The van der Waals surface area contributed by atoms with Crippen molar-refractivity contribution >= 4 is 5.97 Å². The molecule has 0 aliphatic heterocycles. The highest BCUT2D eigenvalue weighted by Gasteiger charge is 2.48. The van der Waals surface area contributed by atoms with Crippen molar-refractivity contribution in [3.63, 3.8) is 0 Å². The second-order valence-corrected chi connectivity index (χ2v) is 5.95. The van der Waals surface area contributed by atoms with Crippen molar-refractivity contribution in [2.75, 3.05) is 0 Å². The second kappa shape index (κ2) is 4.62. The van der Waals surface area contributed by atoms with Gasteiger partial charge in [-0.3, -0.25) is 4.79 Å². The van der Waals surface area contributed by atoms with Crippen LogP contribution in [0.5, 0.6) is 0 Å². The lowest BCUT2D eigenvalue weighted by Crippen LogP contribution is -2.45. The Balaban J connectivity index is 2.12. The number of carbonyl (C=O) groups is 1. The summed E-state index contributed by atoms with van der Waals surface area (Å²) >= 11 is 0. The van der Waals surface area contributed by atoms with Crippen molar-refractivity contribution in [2.24, 2.45) is 5.92 Å².